The van der Waals surface area contributed by atoms with Crippen LogP contribution >= 0.6 is 0 Å². The molecule has 4 atom stereocenters. The molecule has 2 heterocycles. The second-order valence-electron chi connectivity index (χ2n) is 12.3. The van der Waals surface area contributed by atoms with Crippen molar-refractivity contribution in [3.05, 3.63) is 126 Å². The van der Waals surface area contributed by atoms with Crippen molar-refractivity contribution >= 4 is 41.7 Å². The Morgan fingerprint density at radius 2 is 1.71 bits per heavy atom. The van der Waals surface area contributed by atoms with Gasteiger partial charge < -0.3 is 30.1 Å². The minimum absolute atomic E-state index is 0.0324. The summed E-state index contributed by atoms with van der Waals surface area (Å²) in [6.07, 6.45) is 3.03. The Labute approximate surface area is 284 Å². The highest BCUT2D eigenvalue weighted by molar-refractivity contribution is 6.58. The van der Waals surface area contributed by atoms with Gasteiger partial charge in [-0.05, 0) is 90.0 Å². The quantitative estimate of drug-likeness (QED) is 0.0873. The van der Waals surface area contributed by atoms with Crippen molar-refractivity contribution in [2.24, 2.45) is 17.8 Å². The van der Waals surface area contributed by atoms with E-state index in [1.54, 1.807) is 48.7 Å². The Bertz CT molecular complexity index is 1860. The van der Waals surface area contributed by atoms with Crippen LogP contribution in [-0.4, -0.2) is 68.6 Å². The van der Waals surface area contributed by atoms with Crippen LogP contribution in [0.2, 0.25) is 0 Å². The molecule has 0 radical (unpaired) electrons. The van der Waals surface area contributed by atoms with Crippen LogP contribution in [0.3, 0.4) is 0 Å². The van der Waals surface area contributed by atoms with Crippen LogP contribution in [0.5, 0.6) is 11.5 Å². The summed E-state index contributed by atoms with van der Waals surface area (Å²) in [4.78, 5) is 33.5. The van der Waals surface area contributed by atoms with E-state index in [0.717, 1.165) is 10.5 Å². The molecule has 4 aromatic rings. The number of carbonyl (C=O) groups is 2. The molecule has 1 saturated heterocycles. The number of para-hydroxylation sites is 2. The normalized spacial score (nSPS) is 20.0. The van der Waals surface area contributed by atoms with E-state index in [1.807, 2.05) is 42.5 Å². The average molecular weight is 661 g/mol. The molecule has 5 N–H and O–H groups in total. The predicted octanol–water partition coefficient (Wildman–Crippen LogP) is 3.34. The van der Waals surface area contributed by atoms with Crippen LogP contribution < -0.4 is 15.1 Å². The summed E-state index contributed by atoms with van der Waals surface area (Å²) in [6, 6.07) is 27.5. The molecule has 0 unspecified atom stereocenters. The lowest BCUT2D eigenvalue weighted by Crippen LogP contribution is -2.40. The largest absolute Gasteiger partial charge is 0.507 e. The molecule has 2 amide bonds. The number of pyridine rings is 1. The van der Waals surface area contributed by atoms with Gasteiger partial charge in [-0.1, -0.05) is 54.6 Å². The van der Waals surface area contributed by atoms with Gasteiger partial charge in [0.1, 0.15) is 18.1 Å². The number of phenols is 1. The number of aromatic nitrogens is 1. The highest BCUT2D eigenvalue weighted by Crippen LogP contribution is 2.47. The van der Waals surface area contributed by atoms with Crippen LogP contribution in [0.25, 0.3) is 11.6 Å². The summed E-state index contributed by atoms with van der Waals surface area (Å²) >= 11 is 0. The number of rotatable bonds is 12. The molecule has 1 fully saturated rings. The fourth-order valence-electron chi connectivity index (χ4n) is 6.93. The van der Waals surface area contributed by atoms with E-state index in [1.165, 1.54) is 18.2 Å². The Morgan fingerprint density at radius 1 is 0.959 bits per heavy atom. The van der Waals surface area contributed by atoms with E-state index in [9.17, 15) is 35.0 Å². The molecule has 0 spiro atoms. The SMILES string of the molecule is O=C1[C@@H]2[C@@H](CC(COc3ccccc3)=C([C@H](O)CC/C(=C/c3ccccc3O)c3ccccn3)[C@@H]2CO)C(=O)N1c1cccc(B(O)O)c1. The number of aromatic hydroxyl groups is 1. The van der Waals surface area contributed by atoms with E-state index >= 15 is 0 Å². The maximum atomic E-state index is 14.0. The molecule has 49 heavy (non-hydrogen) atoms. The minimum Gasteiger partial charge on any atom is -0.507 e. The number of fused-ring (bicyclic) bond motifs is 1. The van der Waals surface area contributed by atoms with Crippen molar-refractivity contribution in [1.82, 2.24) is 4.98 Å². The lowest BCUT2D eigenvalue weighted by Gasteiger charge is -2.36. The van der Waals surface area contributed by atoms with Crippen molar-refractivity contribution in [3.63, 3.8) is 0 Å². The van der Waals surface area contributed by atoms with E-state index in [-0.39, 0.29) is 36.3 Å². The third-order valence-electron chi connectivity index (χ3n) is 9.27. The third-order valence-corrected chi connectivity index (χ3v) is 9.27. The summed E-state index contributed by atoms with van der Waals surface area (Å²) in [5.41, 5.74) is 3.44. The molecule has 1 aliphatic heterocycles. The predicted molar refractivity (Wildman–Crippen MR) is 185 cm³/mol. The average Bonchev–Trinajstić information content (AvgIpc) is 3.38. The number of benzene rings is 3. The molecule has 0 bridgehead atoms. The molecule has 2 aliphatic rings. The highest BCUT2D eigenvalue weighted by atomic mass is 16.5. The number of ether oxygens (including phenoxy) is 1. The van der Waals surface area contributed by atoms with Crippen molar-refractivity contribution in [2.75, 3.05) is 18.1 Å². The van der Waals surface area contributed by atoms with Gasteiger partial charge >= 0.3 is 7.12 Å². The molecular weight excluding hydrogens is 623 g/mol. The maximum Gasteiger partial charge on any atom is 0.488 e. The maximum absolute atomic E-state index is 14.0. The van der Waals surface area contributed by atoms with Gasteiger partial charge in [0.2, 0.25) is 11.8 Å². The zero-order valence-corrected chi connectivity index (χ0v) is 26.7. The zero-order chi connectivity index (χ0) is 34.5. The van der Waals surface area contributed by atoms with Crippen molar-refractivity contribution < 1.29 is 39.7 Å². The van der Waals surface area contributed by atoms with Gasteiger partial charge in [0.25, 0.3) is 0 Å². The second kappa shape index (κ2) is 15.0. The summed E-state index contributed by atoms with van der Waals surface area (Å²) in [7, 11) is -1.79. The second-order valence-corrected chi connectivity index (χ2v) is 12.3. The van der Waals surface area contributed by atoms with E-state index in [2.05, 4.69) is 4.98 Å². The first-order valence-electron chi connectivity index (χ1n) is 16.2. The first-order valence-corrected chi connectivity index (χ1v) is 16.2. The molecular formula is C38H37BN2O8. The Hall–Kier alpha value is -5.07. The monoisotopic (exact) mass is 660 g/mol. The first-order chi connectivity index (χ1) is 23.8. The minimum atomic E-state index is -1.79. The van der Waals surface area contributed by atoms with Crippen LogP contribution in [0.4, 0.5) is 5.69 Å². The number of nitrogens with zero attached hydrogens (tertiary/aromatic N) is 2. The topological polar surface area (TPSA) is 161 Å². The van der Waals surface area contributed by atoms with Gasteiger partial charge in [-0.3, -0.25) is 19.5 Å². The van der Waals surface area contributed by atoms with Crippen molar-refractivity contribution in [2.45, 2.75) is 25.4 Å². The third kappa shape index (κ3) is 7.20. The Kier molecular flexibility index (Phi) is 10.4. The van der Waals surface area contributed by atoms with Crippen LogP contribution in [0.1, 0.15) is 30.5 Å². The van der Waals surface area contributed by atoms with Gasteiger partial charge in [-0.15, -0.1) is 0 Å². The van der Waals surface area contributed by atoms with E-state index in [4.69, 9.17) is 4.74 Å². The Morgan fingerprint density at radius 3 is 2.43 bits per heavy atom. The zero-order valence-electron chi connectivity index (χ0n) is 26.7. The number of allylic oxidation sites excluding steroid dienone is 1. The van der Waals surface area contributed by atoms with Crippen LogP contribution in [0.15, 0.2) is 114 Å². The molecule has 0 saturated carbocycles. The number of anilines is 1. The molecule has 3 aromatic carbocycles. The fourth-order valence-corrected chi connectivity index (χ4v) is 6.93. The standard InChI is InChI=1S/C38H37BN2O8/c42-22-31-35(34(44)17-16-24(32-14-6-7-18-40-32)19-25-9-4-5-15-33(25)43)26(23-49-29-12-2-1-3-13-29)20-30-36(31)38(46)41(37(30)45)28-11-8-10-27(21-28)39(47)48/h1-15,18-19,21,30-31,34,36,42-44,47-48H,16-17,20,22-23H2/b24-19-/t30-,31+,34-,36-/m1/s1. The lowest BCUT2D eigenvalue weighted by atomic mass is 9.68. The number of aliphatic hydroxyl groups is 2. The Balaban J connectivity index is 1.34. The molecule has 11 heteroatoms. The first kappa shape index (κ1) is 33.8. The number of carbonyl (C=O) groups excluding carboxylic acids is 2. The summed E-state index contributed by atoms with van der Waals surface area (Å²) in [5.74, 6) is -2.95. The number of amides is 2. The number of hydrogen-bond donors (Lipinski definition) is 5. The molecule has 250 valence electrons. The number of imide groups is 1. The van der Waals surface area contributed by atoms with Crippen LogP contribution in [-0.2, 0) is 9.59 Å². The highest BCUT2D eigenvalue weighted by Gasteiger charge is 2.55. The summed E-state index contributed by atoms with van der Waals surface area (Å²) in [5, 5.41) is 52.7. The molecule has 10 nitrogen and oxygen atoms in total. The molecule has 1 aromatic heterocycles. The summed E-state index contributed by atoms with van der Waals surface area (Å²) < 4.78 is 6.10. The number of phenolic OH excluding ortho intramolecular Hbond substituents is 1. The molecule has 6 rings (SSSR count). The van der Waals surface area contributed by atoms with Gasteiger partial charge in [-0.25, -0.2) is 0 Å². The summed E-state index contributed by atoms with van der Waals surface area (Å²) in [6.45, 7) is -0.462. The van der Waals surface area contributed by atoms with Gasteiger partial charge in [0.15, 0.2) is 0 Å². The van der Waals surface area contributed by atoms with Crippen molar-refractivity contribution in [3.8, 4) is 11.5 Å². The smallest absolute Gasteiger partial charge is 0.488 e. The number of aliphatic hydroxyl groups excluding tert-OH is 2. The molecule has 1 aliphatic carbocycles. The van der Waals surface area contributed by atoms with E-state index in [0.29, 0.717) is 34.6 Å². The van der Waals surface area contributed by atoms with Gasteiger partial charge in [-0.2, -0.15) is 0 Å². The lowest BCUT2D eigenvalue weighted by molar-refractivity contribution is -0.123. The van der Waals surface area contributed by atoms with Gasteiger partial charge in [0.05, 0.1) is 35.9 Å². The fraction of sp³-hybridized carbons (Fsp3) is 0.237. The van der Waals surface area contributed by atoms with Gasteiger partial charge in [0, 0.05) is 17.7 Å². The number of hydrogen-bond acceptors (Lipinski definition) is 9. The van der Waals surface area contributed by atoms with E-state index < -0.39 is 49.4 Å². The van der Waals surface area contributed by atoms with Crippen molar-refractivity contribution in [1.29, 1.82) is 0 Å². The van der Waals surface area contributed by atoms with Crippen LogP contribution in [0, 0.1) is 17.8 Å².